The summed E-state index contributed by atoms with van der Waals surface area (Å²) in [4.78, 5) is 34.4. The van der Waals surface area contributed by atoms with Gasteiger partial charge in [-0.1, -0.05) is 0 Å². The fourth-order valence-corrected chi connectivity index (χ4v) is 2.00. The van der Waals surface area contributed by atoms with Crippen LogP contribution in [-0.4, -0.2) is 40.8 Å². The topological polar surface area (TPSA) is 128 Å². The Kier molecular flexibility index (Phi) is 6.33. The van der Waals surface area contributed by atoms with E-state index in [1.165, 1.54) is 6.07 Å². The minimum Gasteiger partial charge on any atom is -0.478 e. The van der Waals surface area contributed by atoms with Crippen LogP contribution in [-0.2, 0) is 9.59 Å². The van der Waals surface area contributed by atoms with E-state index in [9.17, 15) is 27.6 Å². The van der Waals surface area contributed by atoms with Crippen molar-refractivity contribution in [1.82, 2.24) is 5.01 Å². The Balaban J connectivity index is 3.51. The van der Waals surface area contributed by atoms with Gasteiger partial charge >= 0.3 is 11.4 Å². The molecule has 0 fully saturated rings. The molecular weight excluding hydrogens is 381 g/mol. The maximum atomic E-state index is 14.1. The van der Waals surface area contributed by atoms with Gasteiger partial charge in [-0.25, -0.2) is 19.9 Å². The van der Waals surface area contributed by atoms with Gasteiger partial charge in [0.05, 0.1) is 16.8 Å². The Morgan fingerprint density at radius 2 is 2.00 bits per heavy atom. The highest BCUT2D eigenvalue weighted by molar-refractivity contribution is 6.24. The van der Waals surface area contributed by atoms with Crippen molar-refractivity contribution in [1.29, 1.82) is 5.26 Å². The van der Waals surface area contributed by atoms with Crippen molar-refractivity contribution in [3.63, 3.8) is 0 Å². The number of nitrogens with zero attached hydrogens (tertiary/aromatic N) is 3. The Labute approximate surface area is 149 Å². The maximum absolute atomic E-state index is 14.1. The average Bonchev–Trinajstić information content (AvgIpc) is 2.52. The Morgan fingerprint density at radius 1 is 1.42 bits per heavy atom. The van der Waals surface area contributed by atoms with Crippen molar-refractivity contribution in [3.8, 4) is 6.07 Å². The Bertz CT molecular complexity index is 831. The number of hydrazine groups is 1. The highest BCUT2D eigenvalue weighted by Crippen LogP contribution is 2.30. The predicted octanol–water partition coefficient (Wildman–Crippen LogP) is 1.41. The molecule has 2 amide bonds. The minimum atomic E-state index is -4.08. The summed E-state index contributed by atoms with van der Waals surface area (Å²) in [5.41, 5.74) is -3.34. The number of carbonyl (C=O) groups excluding carboxylic acids is 2. The van der Waals surface area contributed by atoms with Crippen molar-refractivity contribution >= 4 is 35.6 Å². The van der Waals surface area contributed by atoms with Crippen LogP contribution in [0, 0.1) is 17.1 Å². The number of carboxylic acids is 1. The number of imide groups is 1. The molecule has 1 aromatic carbocycles. The van der Waals surface area contributed by atoms with Crippen LogP contribution in [0.3, 0.4) is 0 Å². The second-order valence-electron chi connectivity index (χ2n) is 4.72. The molecule has 0 aliphatic carbocycles. The van der Waals surface area contributed by atoms with E-state index in [2.05, 4.69) is 0 Å². The fourth-order valence-electron chi connectivity index (χ4n) is 1.81. The van der Waals surface area contributed by atoms with E-state index in [0.29, 0.717) is 17.1 Å². The van der Waals surface area contributed by atoms with Gasteiger partial charge < -0.3 is 10.1 Å². The number of nitriles is 1. The van der Waals surface area contributed by atoms with Crippen LogP contribution in [0.1, 0.15) is 15.9 Å². The number of carboxylic acid groups (broad SMARTS) is 1. The molecule has 0 unspecified atom stereocenters. The highest BCUT2D eigenvalue weighted by Gasteiger charge is 2.35. The van der Waals surface area contributed by atoms with Crippen molar-refractivity contribution in [2.24, 2.45) is 5.84 Å². The van der Waals surface area contributed by atoms with Crippen molar-refractivity contribution in [2.45, 2.75) is 5.38 Å². The molecular formula is C14H10ClF3N4O4. The smallest absolute Gasteiger partial charge is 0.364 e. The van der Waals surface area contributed by atoms with Gasteiger partial charge in [-0.05, 0) is 23.7 Å². The van der Waals surface area contributed by atoms with Crippen LogP contribution < -0.4 is 10.7 Å². The standard InChI is InChI=1S/C14H10ClF3N4O4/c1-21(20)11(14(15,17)18)4-12(24)22(6-23)10-3-8(13(25)26)7(5-19)2-9(10)16/h2-4,6H,20H2,1H3,(H,25,26)/b11-4-. The van der Waals surface area contributed by atoms with E-state index in [-0.39, 0.29) is 17.4 Å². The predicted molar refractivity (Wildman–Crippen MR) is 82.5 cm³/mol. The van der Waals surface area contributed by atoms with Gasteiger partial charge in [0.2, 0.25) is 6.41 Å². The van der Waals surface area contributed by atoms with Gasteiger partial charge in [-0.2, -0.15) is 14.0 Å². The van der Waals surface area contributed by atoms with Crippen LogP contribution in [0.15, 0.2) is 23.9 Å². The normalized spacial score (nSPS) is 11.5. The Morgan fingerprint density at radius 3 is 2.38 bits per heavy atom. The average molecular weight is 391 g/mol. The number of anilines is 1. The minimum absolute atomic E-state index is 0.0229. The highest BCUT2D eigenvalue weighted by atomic mass is 35.5. The van der Waals surface area contributed by atoms with Crippen molar-refractivity contribution in [2.75, 3.05) is 11.9 Å². The molecule has 1 aromatic rings. The molecule has 1 rings (SSSR count). The maximum Gasteiger partial charge on any atom is 0.364 e. The van der Waals surface area contributed by atoms with Crippen molar-refractivity contribution in [3.05, 3.63) is 40.8 Å². The zero-order valence-corrected chi connectivity index (χ0v) is 13.7. The van der Waals surface area contributed by atoms with E-state index < -0.39 is 45.6 Å². The number of halogens is 4. The van der Waals surface area contributed by atoms with Crippen LogP contribution in [0.25, 0.3) is 0 Å². The lowest BCUT2D eigenvalue weighted by Gasteiger charge is -2.22. The quantitative estimate of drug-likeness (QED) is 0.247. The molecule has 0 radical (unpaired) electrons. The number of nitrogens with two attached hydrogens (primary N) is 1. The molecule has 138 valence electrons. The molecule has 3 N–H and O–H groups in total. The summed E-state index contributed by atoms with van der Waals surface area (Å²) in [6.07, 6.45) is -0.0467. The van der Waals surface area contributed by atoms with Gasteiger partial charge in [0, 0.05) is 13.1 Å². The summed E-state index contributed by atoms with van der Waals surface area (Å²) >= 11 is 4.80. The lowest BCUT2D eigenvalue weighted by Crippen LogP contribution is -2.36. The number of carbonyl (C=O) groups is 3. The van der Waals surface area contributed by atoms with E-state index in [0.717, 1.165) is 7.05 Å². The summed E-state index contributed by atoms with van der Waals surface area (Å²) in [6, 6.07) is 2.46. The van der Waals surface area contributed by atoms with Gasteiger partial charge in [-0.3, -0.25) is 9.59 Å². The third-order valence-electron chi connectivity index (χ3n) is 2.97. The third kappa shape index (κ3) is 4.50. The van der Waals surface area contributed by atoms with Crippen molar-refractivity contribution < 1.29 is 32.7 Å². The largest absolute Gasteiger partial charge is 0.478 e. The van der Waals surface area contributed by atoms with Gasteiger partial charge in [0.15, 0.2) is 0 Å². The van der Waals surface area contributed by atoms with Crippen LogP contribution >= 0.6 is 11.6 Å². The second kappa shape index (κ2) is 7.85. The zero-order chi connectivity index (χ0) is 20.2. The van der Waals surface area contributed by atoms with Crippen LogP contribution in [0.4, 0.5) is 18.9 Å². The molecule has 0 bridgehead atoms. The lowest BCUT2D eigenvalue weighted by atomic mass is 10.1. The monoisotopic (exact) mass is 390 g/mol. The molecule has 8 nitrogen and oxygen atoms in total. The van der Waals surface area contributed by atoms with Gasteiger partial charge in [-0.15, -0.1) is 0 Å². The fraction of sp³-hybridized carbons (Fsp3) is 0.143. The molecule has 0 aromatic heterocycles. The number of allylic oxidation sites excluding steroid dienone is 1. The van der Waals surface area contributed by atoms with Crippen LogP contribution in [0.5, 0.6) is 0 Å². The molecule has 0 saturated carbocycles. The number of amides is 2. The zero-order valence-electron chi connectivity index (χ0n) is 12.9. The number of alkyl halides is 3. The summed E-state index contributed by atoms with van der Waals surface area (Å²) in [5, 5.41) is 14.0. The molecule has 26 heavy (non-hydrogen) atoms. The summed E-state index contributed by atoms with van der Waals surface area (Å²) < 4.78 is 40.6. The number of hydrogen-bond donors (Lipinski definition) is 2. The molecule has 12 heteroatoms. The van der Waals surface area contributed by atoms with E-state index in [4.69, 9.17) is 27.8 Å². The summed E-state index contributed by atoms with van der Waals surface area (Å²) in [7, 11) is 0.936. The first kappa shape index (κ1) is 20.9. The van der Waals surface area contributed by atoms with E-state index in [1.54, 1.807) is 0 Å². The number of benzene rings is 1. The first-order valence-corrected chi connectivity index (χ1v) is 6.84. The molecule has 0 heterocycles. The summed E-state index contributed by atoms with van der Waals surface area (Å²) in [5.74, 6) is 0.720. The molecule has 0 saturated heterocycles. The Hall–Kier alpha value is -3.10. The molecule has 0 atom stereocenters. The number of aromatic carboxylic acids is 1. The van der Waals surface area contributed by atoms with Gasteiger partial charge in [0.25, 0.3) is 5.91 Å². The van der Waals surface area contributed by atoms with Gasteiger partial charge in [0.1, 0.15) is 17.6 Å². The summed E-state index contributed by atoms with van der Waals surface area (Å²) in [6.45, 7) is 0. The first-order valence-electron chi connectivity index (χ1n) is 6.46. The third-order valence-corrected chi connectivity index (χ3v) is 3.16. The SMILES string of the molecule is CN(N)/C(=C\C(=O)N(C=O)c1cc(C(=O)O)c(C#N)cc1F)C(F)(F)Cl. The lowest BCUT2D eigenvalue weighted by molar-refractivity contribution is -0.118. The molecule has 0 aliphatic rings. The van der Waals surface area contributed by atoms with E-state index in [1.807, 2.05) is 0 Å². The first-order chi connectivity index (χ1) is 11.9. The molecule has 0 aliphatic heterocycles. The second-order valence-corrected chi connectivity index (χ2v) is 5.19. The number of rotatable bonds is 6. The number of hydrogen-bond acceptors (Lipinski definition) is 6. The van der Waals surface area contributed by atoms with E-state index >= 15 is 0 Å². The molecule has 0 spiro atoms. The van der Waals surface area contributed by atoms with Crippen LogP contribution in [0.2, 0.25) is 0 Å².